The largest absolute Gasteiger partial charge is 0.457 e. The lowest BCUT2D eigenvalue weighted by Gasteiger charge is -2.15. The molecule has 0 bridgehead atoms. The van der Waals surface area contributed by atoms with Crippen LogP contribution in [0.3, 0.4) is 0 Å². The monoisotopic (exact) mass is 568 g/mol. The van der Waals surface area contributed by atoms with Crippen LogP contribution in [0.25, 0.3) is 0 Å². The summed E-state index contributed by atoms with van der Waals surface area (Å²) in [5.41, 5.74) is 0. The van der Waals surface area contributed by atoms with Gasteiger partial charge in [-0.2, -0.15) is 0 Å². The normalized spacial score (nSPS) is 13.5. The van der Waals surface area contributed by atoms with Crippen molar-refractivity contribution in [3.63, 3.8) is 0 Å². The van der Waals surface area contributed by atoms with E-state index >= 15 is 0 Å². The van der Waals surface area contributed by atoms with Crippen LogP contribution >= 0.6 is 0 Å². The Morgan fingerprint density at radius 1 is 0.610 bits per heavy atom. The molecule has 0 aliphatic carbocycles. The summed E-state index contributed by atoms with van der Waals surface area (Å²) >= 11 is 0. The van der Waals surface area contributed by atoms with Gasteiger partial charge in [-0.1, -0.05) is 131 Å². The first kappa shape index (κ1) is 38.6. The lowest BCUT2D eigenvalue weighted by Crippen LogP contribution is -2.27. The Morgan fingerprint density at radius 2 is 1.07 bits per heavy atom. The molecule has 0 aliphatic rings. The van der Waals surface area contributed by atoms with E-state index in [0.717, 1.165) is 70.6 Å². The van der Waals surface area contributed by atoms with E-state index in [1.807, 2.05) is 0 Å². The molecule has 0 rings (SSSR count). The van der Waals surface area contributed by atoms with Crippen LogP contribution in [-0.2, 0) is 14.3 Å². The third-order valence-electron chi connectivity index (χ3n) is 6.23. The van der Waals surface area contributed by atoms with Crippen LogP contribution in [0.2, 0.25) is 0 Å². The van der Waals surface area contributed by atoms with E-state index in [2.05, 4.69) is 98.9 Å². The number of carbonyl (C=O) groups excluding carboxylic acids is 1. The number of unbranched alkanes of at least 4 members (excludes halogenated alkanes) is 6. The molecule has 0 radical (unpaired) electrons. The Kier molecular flexibility index (Phi) is 31.8. The quantitative estimate of drug-likeness (QED) is 0.0579. The molecular weight excluding hydrogens is 508 g/mol. The summed E-state index contributed by atoms with van der Waals surface area (Å²) in [6.45, 7) is 5.09. The second kappa shape index (κ2) is 33.8. The van der Waals surface area contributed by atoms with E-state index in [1.54, 1.807) is 0 Å². The topological polar surface area (TPSA) is 55.8 Å². The molecule has 0 aromatic heterocycles. The maximum atomic E-state index is 12.0. The predicted octanol–water partition coefficient (Wildman–Crippen LogP) is 10.1. The SMILES string of the molecule is CC/C=C\C/C=C\C/C=C\C/C=C\C/C=C\C/C=C\C/C=C\CCCC(=O)OC(CO)COCCCCCCCC. The first-order valence-electron chi connectivity index (χ1n) is 16.2. The van der Waals surface area contributed by atoms with Crippen molar-refractivity contribution in [1.29, 1.82) is 0 Å². The number of hydrogen-bond acceptors (Lipinski definition) is 4. The van der Waals surface area contributed by atoms with Crippen molar-refractivity contribution in [3.8, 4) is 0 Å². The minimum Gasteiger partial charge on any atom is -0.457 e. The van der Waals surface area contributed by atoms with Gasteiger partial charge in [0.15, 0.2) is 0 Å². The number of aliphatic hydroxyl groups is 1. The van der Waals surface area contributed by atoms with Gasteiger partial charge in [-0.25, -0.2) is 0 Å². The number of rotatable bonds is 28. The van der Waals surface area contributed by atoms with Gasteiger partial charge in [0.25, 0.3) is 0 Å². The standard InChI is InChI=1S/C37H60O4/c1-3-5-7-9-11-12-13-14-15-16-17-18-19-20-21-22-23-24-25-26-27-28-30-32-37(39)41-36(34-38)35-40-33-31-29-10-8-6-4-2/h5,7,11-12,14-15,17-18,20-21,23-24,26-27,36,38H,3-4,6,8-10,13,16,19,22,25,28-35H2,1-2H3/b7-5-,12-11-,15-14-,18-17-,21-20-,24-23-,27-26-. The van der Waals surface area contributed by atoms with Crippen molar-refractivity contribution >= 4 is 5.97 Å². The van der Waals surface area contributed by atoms with Gasteiger partial charge in [0.05, 0.1) is 13.2 Å². The average molecular weight is 569 g/mol. The number of ether oxygens (including phenoxy) is 2. The fourth-order valence-electron chi connectivity index (χ4n) is 3.84. The van der Waals surface area contributed by atoms with Crippen LogP contribution in [0, 0.1) is 0 Å². The third-order valence-corrected chi connectivity index (χ3v) is 6.23. The lowest BCUT2D eigenvalue weighted by molar-refractivity contribution is -0.154. The zero-order valence-corrected chi connectivity index (χ0v) is 26.3. The van der Waals surface area contributed by atoms with Crippen molar-refractivity contribution in [2.45, 2.75) is 123 Å². The van der Waals surface area contributed by atoms with Crippen LogP contribution in [0.15, 0.2) is 85.1 Å². The van der Waals surface area contributed by atoms with E-state index in [1.165, 1.54) is 25.7 Å². The molecule has 0 fully saturated rings. The number of hydrogen-bond donors (Lipinski definition) is 1. The lowest BCUT2D eigenvalue weighted by atomic mass is 10.1. The minimum atomic E-state index is -0.564. The molecule has 0 saturated carbocycles. The van der Waals surface area contributed by atoms with Crippen LogP contribution < -0.4 is 0 Å². The van der Waals surface area contributed by atoms with Crippen molar-refractivity contribution < 1.29 is 19.4 Å². The van der Waals surface area contributed by atoms with Gasteiger partial charge in [-0.3, -0.25) is 4.79 Å². The van der Waals surface area contributed by atoms with Crippen LogP contribution in [0.4, 0.5) is 0 Å². The van der Waals surface area contributed by atoms with Crippen LogP contribution in [0.1, 0.15) is 117 Å². The number of carbonyl (C=O) groups is 1. The van der Waals surface area contributed by atoms with Gasteiger partial charge >= 0.3 is 5.97 Å². The molecule has 1 atom stereocenters. The molecule has 1 unspecified atom stereocenters. The predicted molar refractivity (Wildman–Crippen MR) is 177 cm³/mol. The van der Waals surface area contributed by atoms with Crippen LogP contribution in [-0.4, -0.2) is 37.0 Å². The molecule has 0 heterocycles. The Balaban J connectivity index is 3.68. The average Bonchev–Trinajstić information content (AvgIpc) is 2.98. The van der Waals surface area contributed by atoms with Crippen molar-refractivity contribution in [2.75, 3.05) is 19.8 Å². The van der Waals surface area contributed by atoms with E-state index < -0.39 is 6.10 Å². The highest BCUT2D eigenvalue weighted by Gasteiger charge is 2.13. The fourth-order valence-corrected chi connectivity index (χ4v) is 3.84. The molecular formula is C37H60O4. The van der Waals surface area contributed by atoms with Gasteiger partial charge in [0.2, 0.25) is 0 Å². The summed E-state index contributed by atoms with van der Waals surface area (Å²) in [5.74, 6) is -0.266. The molecule has 41 heavy (non-hydrogen) atoms. The smallest absolute Gasteiger partial charge is 0.306 e. The molecule has 1 N–H and O–H groups in total. The summed E-state index contributed by atoms with van der Waals surface area (Å²) in [7, 11) is 0. The molecule has 0 saturated heterocycles. The van der Waals surface area contributed by atoms with Gasteiger partial charge in [0.1, 0.15) is 6.10 Å². The first-order valence-corrected chi connectivity index (χ1v) is 16.2. The van der Waals surface area contributed by atoms with E-state index in [4.69, 9.17) is 9.47 Å². The van der Waals surface area contributed by atoms with Crippen molar-refractivity contribution in [1.82, 2.24) is 0 Å². The Labute approximate surface area is 252 Å². The van der Waals surface area contributed by atoms with Gasteiger partial charge in [0, 0.05) is 13.0 Å². The van der Waals surface area contributed by atoms with Gasteiger partial charge < -0.3 is 14.6 Å². The van der Waals surface area contributed by atoms with Crippen molar-refractivity contribution in [2.24, 2.45) is 0 Å². The fraction of sp³-hybridized carbons (Fsp3) is 0.595. The molecule has 232 valence electrons. The van der Waals surface area contributed by atoms with E-state index in [9.17, 15) is 9.90 Å². The van der Waals surface area contributed by atoms with Gasteiger partial charge in [-0.15, -0.1) is 0 Å². The highest BCUT2D eigenvalue weighted by molar-refractivity contribution is 5.69. The summed E-state index contributed by atoms with van der Waals surface area (Å²) < 4.78 is 10.9. The second-order valence-corrected chi connectivity index (χ2v) is 10.2. The number of allylic oxidation sites excluding steroid dienone is 14. The Morgan fingerprint density at radius 3 is 1.56 bits per heavy atom. The second-order valence-electron chi connectivity index (χ2n) is 10.2. The molecule has 0 amide bonds. The zero-order chi connectivity index (χ0) is 29.9. The molecule has 0 spiro atoms. The number of aliphatic hydroxyl groups excluding tert-OH is 1. The zero-order valence-electron chi connectivity index (χ0n) is 26.3. The maximum Gasteiger partial charge on any atom is 0.306 e. The molecule has 0 aromatic carbocycles. The molecule has 4 nitrogen and oxygen atoms in total. The summed E-state index contributed by atoms with van der Waals surface area (Å²) in [4.78, 5) is 12.0. The Hall–Kier alpha value is -2.43. The van der Waals surface area contributed by atoms with Crippen LogP contribution in [0.5, 0.6) is 0 Å². The summed E-state index contributed by atoms with van der Waals surface area (Å²) in [6, 6.07) is 0. The van der Waals surface area contributed by atoms with Crippen molar-refractivity contribution in [3.05, 3.63) is 85.1 Å². The summed E-state index contributed by atoms with van der Waals surface area (Å²) in [5, 5.41) is 9.44. The molecule has 0 aromatic rings. The molecule has 4 heteroatoms. The summed E-state index contributed by atoms with van der Waals surface area (Å²) in [6.07, 6.45) is 46.3. The third kappa shape index (κ3) is 32.0. The Bertz CT molecular complexity index is 770. The highest BCUT2D eigenvalue weighted by Crippen LogP contribution is 2.06. The highest BCUT2D eigenvalue weighted by atomic mass is 16.6. The number of esters is 1. The minimum absolute atomic E-state index is 0.200. The van der Waals surface area contributed by atoms with Gasteiger partial charge in [-0.05, 0) is 64.2 Å². The van der Waals surface area contributed by atoms with E-state index in [0.29, 0.717) is 13.0 Å². The first-order chi connectivity index (χ1) is 20.2. The van der Waals surface area contributed by atoms with E-state index in [-0.39, 0.29) is 19.2 Å². The molecule has 0 aliphatic heterocycles. The maximum absolute atomic E-state index is 12.0.